The van der Waals surface area contributed by atoms with E-state index in [0.29, 0.717) is 35.4 Å². The van der Waals surface area contributed by atoms with Crippen molar-refractivity contribution in [1.29, 1.82) is 0 Å². The highest BCUT2D eigenvalue weighted by molar-refractivity contribution is 5.95. The molecule has 1 unspecified atom stereocenters. The molecule has 28 heavy (non-hydrogen) atoms. The second-order valence-corrected chi connectivity index (χ2v) is 7.87. The fourth-order valence-corrected chi connectivity index (χ4v) is 3.89. The molecule has 4 nitrogen and oxygen atoms in total. The number of hydrogen-bond donors (Lipinski definition) is 1. The van der Waals surface area contributed by atoms with E-state index in [2.05, 4.69) is 5.32 Å². The van der Waals surface area contributed by atoms with Gasteiger partial charge in [-0.1, -0.05) is 12.5 Å². The van der Waals surface area contributed by atoms with Gasteiger partial charge in [0, 0.05) is 29.0 Å². The molecule has 1 N–H and O–H groups in total. The van der Waals surface area contributed by atoms with Crippen LogP contribution < -0.4 is 10.1 Å². The quantitative estimate of drug-likeness (QED) is 0.789. The average molecular weight is 381 g/mol. The summed E-state index contributed by atoms with van der Waals surface area (Å²) in [5, 5.41) is 2.99. The SMILES string of the molecule is CC(=O)c1ccc(F)c(-c2cc(C)cc3c2OC(CNC(=O)C2CCC2)C3)c1. The van der Waals surface area contributed by atoms with Gasteiger partial charge in [-0.3, -0.25) is 9.59 Å². The Morgan fingerprint density at radius 2 is 1.96 bits per heavy atom. The van der Waals surface area contributed by atoms with Crippen LogP contribution in [0.3, 0.4) is 0 Å². The number of carbonyl (C=O) groups excluding carboxylic acids is 2. The first-order valence-electron chi connectivity index (χ1n) is 9.81. The Hall–Kier alpha value is -2.69. The first-order valence-corrected chi connectivity index (χ1v) is 9.81. The van der Waals surface area contributed by atoms with Crippen molar-refractivity contribution < 1.29 is 18.7 Å². The zero-order valence-electron chi connectivity index (χ0n) is 16.2. The molecule has 0 spiro atoms. The molecule has 5 heteroatoms. The normalized spacial score (nSPS) is 18.2. The lowest BCUT2D eigenvalue weighted by Gasteiger charge is -2.24. The Balaban J connectivity index is 1.59. The van der Waals surface area contributed by atoms with Crippen molar-refractivity contribution in [2.24, 2.45) is 5.92 Å². The van der Waals surface area contributed by atoms with E-state index in [0.717, 1.165) is 30.4 Å². The molecule has 2 aliphatic rings. The van der Waals surface area contributed by atoms with Crippen molar-refractivity contribution in [3.8, 4) is 16.9 Å². The number of hydrogen-bond acceptors (Lipinski definition) is 3. The molecular formula is C23H24FNO3. The predicted molar refractivity (Wildman–Crippen MR) is 105 cm³/mol. The Labute approximate surface area is 164 Å². The van der Waals surface area contributed by atoms with E-state index in [1.807, 2.05) is 19.1 Å². The molecular weight excluding hydrogens is 357 g/mol. The topological polar surface area (TPSA) is 55.4 Å². The van der Waals surface area contributed by atoms with Crippen LogP contribution in [-0.2, 0) is 11.2 Å². The van der Waals surface area contributed by atoms with Gasteiger partial charge in [0.05, 0.1) is 6.54 Å². The first-order chi connectivity index (χ1) is 13.4. The van der Waals surface area contributed by atoms with Crippen molar-refractivity contribution in [2.45, 2.75) is 45.6 Å². The Bertz CT molecular complexity index is 949. The largest absolute Gasteiger partial charge is 0.487 e. The number of rotatable bonds is 5. The van der Waals surface area contributed by atoms with Crippen LogP contribution in [0.4, 0.5) is 4.39 Å². The number of carbonyl (C=O) groups is 2. The molecule has 1 saturated carbocycles. The second-order valence-electron chi connectivity index (χ2n) is 7.87. The number of ether oxygens (including phenoxy) is 1. The molecule has 2 aromatic carbocycles. The summed E-state index contributed by atoms with van der Waals surface area (Å²) in [5.41, 5.74) is 3.50. The van der Waals surface area contributed by atoms with E-state index >= 15 is 0 Å². The van der Waals surface area contributed by atoms with Crippen LogP contribution in [-0.4, -0.2) is 24.3 Å². The molecule has 0 aromatic heterocycles. The monoisotopic (exact) mass is 381 g/mol. The summed E-state index contributed by atoms with van der Waals surface area (Å²) in [6, 6.07) is 8.33. The molecule has 1 fully saturated rings. The van der Waals surface area contributed by atoms with Gasteiger partial charge < -0.3 is 10.1 Å². The van der Waals surface area contributed by atoms with Crippen LogP contribution >= 0.6 is 0 Å². The highest BCUT2D eigenvalue weighted by atomic mass is 19.1. The average Bonchev–Trinajstić information content (AvgIpc) is 3.00. The number of aryl methyl sites for hydroxylation is 1. The van der Waals surface area contributed by atoms with E-state index in [1.54, 1.807) is 6.07 Å². The molecule has 4 rings (SSSR count). The van der Waals surface area contributed by atoms with Gasteiger partial charge in [-0.05, 0) is 62.1 Å². The summed E-state index contributed by atoms with van der Waals surface area (Å²) in [6.45, 7) is 3.87. The van der Waals surface area contributed by atoms with Gasteiger partial charge in [0.25, 0.3) is 0 Å². The number of nitrogens with one attached hydrogen (secondary N) is 1. The molecule has 0 radical (unpaired) electrons. The molecule has 146 valence electrons. The van der Waals surface area contributed by atoms with Crippen LogP contribution in [0.5, 0.6) is 5.75 Å². The molecule has 0 bridgehead atoms. The maximum Gasteiger partial charge on any atom is 0.223 e. The van der Waals surface area contributed by atoms with E-state index in [9.17, 15) is 14.0 Å². The highest BCUT2D eigenvalue weighted by Crippen LogP contribution is 2.41. The fraction of sp³-hybridized carbons (Fsp3) is 0.391. The lowest BCUT2D eigenvalue weighted by atomic mass is 9.85. The molecule has 1 aliphatic heterocycles. The van der Waals surface area contributed by atoms with Gasteiger partial charge in [0.1, 0.15) is 17.7 Å². The van der Waals surface area contributed by atoms with Gasteiger partial charge >= 0.3 is 0 Å². The number of halogens is 1. The van der Waals surface area contributed by atoms with Crippen LogP contribution in [0.25, 0.3) is 11.1 Å². The number of amides is 1. The van der Waals surface area contributed by atoms with Crippen molar-refractivity contribution in [3.63, 3.8) is 0 Å². The van der Waals surface area contributed by atoms with Crippen molar-refractivity contribution >= 4 is 11.7 Å². The van der Waals surface area contributed by atoms with Crippen LogP contribution in [0, 0.1) is 18.7 Å². The molecule has 1 aliphatic carbocycles. The van der Waals surface area contributed by atoms with Gasteiger partial charge in [-0.25, -0.2) is 4.39 Å². The predicted octanol–water partition coefficient (Wildman–Crippen LogP) is 4.22. The maximum atomic E-state index is 14.6. The maximum absolute atomic E-state index is 14.6. The van der Waals surface area contributed by atoms with E-state index < -0.39 is 0 Å². The van der Waals surface area contributed by atoms with Crippen LogP contribution in [0.1, 0.15) is 47.7 Å². The minimum atomic E-state index is -0.386. The molecule has 1 atom stereocenters. The first kappa shape index (κ1) is 18.7. The fourth-order valence-electron chi connectivity index (χ4n) is 3.89. The standard InChI is InChI=1S/C23H24FNO3/c1-13-8-17-10-18(12-25-23(27)15-4-3-5-15)28-22(17)20(9-13)19-11-16(14(2)26)6-7-21(19)24/h6-9,11,15,18H,3-5,10,12H2,1-2H3,(H,25,27). The third-order valence-electron chi connectivity index (χ3n) is 5.69. The lowest BCUT2D eigenvalue weighted by Crippen LogP contribution is -2.40. The number of Topliss-reactive ketones (excluding diaryl/α,β-unsaturated/α-hetero) is 1. The molecule has 1 heterocycles. The van der Waals surface area contributed by atoms with E-state index in [1.165, 1.54) is 19.1 Å². The van der Waals surface area contributed by atoms with Crippen LogP contribution in [0.15, 0.2) is 30.3 Å². The van der Waals surface area contributed by atoms with Crippen LogP contribution in [0.2, 0.25) is 0 Å². The minimum absolute atomic E-state index is 0.0995. The third-order valence-corrected chi connectivity index (χ3v) is 5.69. The van der Waals surface area contributed by atoms with E-state index in [4.69, 9.17) is 4.74 Å². The third kappa shape index (κ3) is 3.53. The van der Waals surface area contributed by atoms with Crippen molar-refractivity contribution in [3.05, 3.63) is 52.8 Å². The molecule has 2 aromatic rings. The summed E-state index contributed by atoms with van der Waals surface area (Å²) in [7, 11) is 0. The van der Waals surface area contributed by atoms with Gasteiger partial charge in [-0.15, -0.1) is 0 Å². The smallest absolute Gasteiger partial charge is 0.223 e. The summed E-state index contributed by atoms with van der Waals surface area (Å²) in [4.78, 5) is 23.8. The van der Waals surface area contributed by atoms with Gasteiger partial charge in [0.15, 0.2) is 5.78 Å². The van der Waals surface area contributed by atoms with Crippen molar-refractivity contribution in [2.75, 3.05) is 6.54 Å². The number of benzene rings is 2. The summed E-state index contributed by atoms with van der Waals surface area (Å²) in [6.07, 6.45) is 3.55. The Morgan fingerprint density at radius 3 is 2.64 bits per heavy atom. The summed E-state index contributed by atoms with van der Waals surface area (Å²) in [5.74, 6) is 0.395. The van der Waals surface area contributed by atoms with Crippen molar-refractivity contribution in [1.82, 2.24) is 5.32 Å². The Morgan fingerprint density at radius 1 is 1.18 bits per heavy atom. The van der Waals surface area contributed by atoms with E-state index in [-0.39, 0.29) is 29.5 Å². The zero-order chi connectivity index (χ0) is 19.8. The Kier molecular flexibility index (Phi) is 4.92. The summed E-state index contributed by atoms with van der Waals surface area (Å²) >= 11 is 0. The summed E-state index contributed by atoms with van der Waals surface area (Å²) < 4.78 is 20.7. The van der Waals surface area contributed by atoms with Gasteiger partial charge in [0.2, 0.25) is 5.91 Å². The lowest BCUT2D eigenvalue weighted by molar-refractivity contribution is -0.127. The highest BCUT2D eigenvalue weighted by Gasteiger charge is 2.30. The molecule has 0 saturated heterocycles. The molecule has 1 amide bonds. The van der Waals surface area contributed by atoms with Gasteiger partial charge in [-0.2, -0.15) is 0 Å². The second kappa shape index (κ2) is 7.38. The number of ketones is 1. The minimum Gasteiger partial charge on any atom is -0.487 e. The zero-order valence-corrected chi connectivity index (χ0v) is 16.2. The number of fused-ring (bicyclic) bond motifs is 1.